The molecule has 0 saturated heterocycles. The lowest BCUT2D eigenvalue weighted by atomic mass is 9.81. The summed E-state index contributed by atoms with van der Waals surface area (Å²) in [6.45, 7) is 3.33. The van der Waals surface area contributed by atoms with E-state index in [9.17, 15) is 0 Å². The average Bonchev–Trinajstić information content (AvgIpc) is 2.33. The monoisotopic (exact) mass is 266 g/mol. The lowest BCUT2D eigenvalue weighted by Gasteiger charge is -2.26. The fourth-order valence-corrected chi connectivity index (χ4v) is 3.20. The van der Waals surface area contributed by atoms with Crippen LogP contribution in [0.15, 0.2) is 18.2 Å². The summed E-state index contributed by atoms with van der Waals surface area (Å²) in [5.74, 6) is 1.76. The van der Waals surface area contributed by atoms with Crippen LogP contribution in [0.25, 0.3) is 0 Å². The Morgan fingerprint density at radius 3 is 2.94 bits per heavy atom. The number of rotatable bonds is 4. The van der Waals surface area contributed by atoms with Gasteiger partial charge in [0, 0.05) is 6.54 Å². The molecule has 1 aromatic rings. The fourth-order valence-electron chi connectivity index (χ4n) is 2.95. The number of hydrogen-bond donors (Lipinski definition) is 2. The van der Waals surface area contributed by atoms with E-state index in [0.29, 0.717) is 5.02 Å². The van der Waals surface area contributed by atoms with E-state index in [1.165, 1.54) is 32.1 Å². The van der Waals surface area contributed by atoms with Gasteiger partial charge in [-0.25, -0.2) is 0 Å². The van der Waals surface area contributed by atoms with E-state index >= 15 is 0 Å². The Balaban J connectivity index is 1.81. The Labute approximate surface area is 115 Å². The minimum absolute atomic E-state index is 0.715. The second-order valence-electron chi connectivity index (χ2n) is 5.56. The van der Waals surface area contributed by atoms with E-state index in [1.807, 2.05) is 18.2 Å². The number of halogens is 1. The standard InChI is InChI=1S/C15H23ClN2/c1-11-4-2-5-12(10-11)8-9-18-15-13(16)6-3-7-14(15)17/h3,6-7,11-12,18H,2,4-5,8-10,17H2,1H3. The smallest absolute Gasteiger partial charge is 0.0763 e. The van der Waals surface area contributed by atoms with Crippen LogP contribution in [0.1, 0.15) is 39.0 Å². The van der Waals surface area contributed by atoms with Gasteiger partial charge in [0.05, 0.1) is 16.4 Å². The summed E-state index contributed by atoms with van der Waals surface area (Å²) in [5.41, 5.74) is 7.54. The number of nitrogens with two attached hydrogens (primary N) is 1. The van der Waals surface area contributed by atoms with Gasteiger partial charge in [0.15, 0.2) is 0 Å². The maximum atomic E-state index is 6.13. The first-order valence-electron chi connectivity index (χ1n) is 6.94. The van der Waals surface area contributed by atoms with Gasteiger partial charge in [0.1, 0.15) is 0 Å². The predicted molar refractivity (Wildman–Crippen MR) is 80.1 cm³/mol. The molecule has 18 heavy (non-hydrogen) atoms. The SMILES string of the molecule is CC1CCCC(CCNc2c(N)cccc2Cl)C1. The lowest BCUT2D eigenvalue weighted by Crippen LogP contribution is -2.17. The highest BCUT2D eigenvalue weighted by molar-refractivity contribution is 6.33. The van der Waals surface area contributed by atoms with Crippen LogP contribution in [0.2, 0.25) is 5.02 Å². The number of para-hydroxylation sites is 1. The molecule has 2 atom stereocenters. The zero-order valence-corrected chi connectivity index (χ0v) is 11.8. The van der Waals surface area contributed by atoms with Gasteiger partial charge >= 0.3 is 0 Å². The van der Waals surface area contributed by atoms with Crippen molar-refractivity contribution in [2.45, 2.75) is 39.0 Å². The van der Waals surface area contributed by atoms with Crippen LogP contribution in [-0.2, 0) is 0 Å². The summed E-state index contributed by atoms with van der Waals surface area (Å²) < 4.78 is 0. The summed E-state index contributed by atoms with van der Waals surface area (Å²) in [7, 11) is 0. The first-order chi connectivity index (χ1) is 8.66. The molecule has 0 amide bonds. The fraction of sp³-hybridized carbons (Fsp3) is 0.600. The van der Waals surface area contributed by atoms with Crippen LogP contribution in [0.5, 0.6) is 0 Å². The van der Waals surface area contributed by atoms with Crippen LogP contribution in [0.3, 0.4) is 0 Å². The quantitative estimate of drug-likeness (QED) is 0.785. The maximum absolute atomic E-state index is 6.13. The van der Waals surface area contributed by atoms with Gasteiger partial charge in [-0.1, -0.05) is 43.9 Å². The predicted octanol–water partition coefficient (Wildman–Crippen LogP) is 4.55. The van der Waals surface area contributed by atoms with Gasteiger partial charge in [0.2, 0.25) is 0 Å². The van der Waals surface area contributed by atoms with Gasteiger partial charge in [0.25, 0.3) is 0 Å². The normalized spacial score (nSPS) is 23.9. The van der Waals surface area contributed by atoms with E-state index in [-0.39, 0.29) is 0 Å². The van der Waals surface area contributed by atoms with Crippen LogP contribution < -0.4 is 11.1 Å². The second kappa shape index (κ2) is 6.33. The molecule has 0 bridgehead atoms. The molecule has 3 heteroatoms. The molecule has 0 heterocycles. The van der Waals surface area contributed by atoms with Crippen molar-refractivity contribution in [1.29, 1.82) is 0 Å². The minimum Gasteiger partial charge on any atom is -0.397 e. The number of nitrogen functional groups attached to an aromatic ring is 1. The van der Waals surface area contributed by atoms with Crippen LogP contribution in [0.4, 0.5) is 11.4 Å². The average molecular weight is 267 g/mol. The Bertz CT molecular complexity index is 372. The molecule has 0 spiro atoms. The molecule has 0 radical (unpaired) electrons. The van der Waals surface area contributed by atoms with Crippen molar-refractivity contribution in [1.82, 2.24) is 0 Å². The Morgan fingerprint density at radius 2 is 2.22 bits per heavy atom. The second-order valence-corrected chi connectivity index (χ2v) is 5.96. The molecule has 1 aliphatic carbocycles. The summed E-state index contributed by atoms with van der Waals surface area (Å²) in [5, 5.41) is 4.10. The highest BCUT2D eigenvalue weighted by Crippen LogP contribution is 2.32. The Hall–Kier alpha value is -0.890. The Morgan fingerprint density at radius 1 is 1.39 bits per heavy atom. The zero-order valence-electron chi connectivity index (χ0n) is 11.1. The summed E-state index contributed by atoms with van der Waals surface area (Å²) in [4.78, 5) is 0. The van der Waals surface area contributed by atoms with Crippen molar-refractivity contribution in [3.63, 3.8) is 0 Å². The maximum Gasteiger partial charge on any atom is 0.0763 e. The molecule has 0 aromatic heterocycles. The highest BCUT2D eigenvalue weighted by Gasteiger charge is 2.18. The van der Waals surface area contributed by atoms with Crippen molar-refractivity contribution >= 4 is 23.0 Å². The number of nitrogens with one attached hydrogen (secondary N) is 1. The van der Waals surface area contributed by atoms with Crippen molar-refractivity contribution in [3.8, 4) is 0 Å². The number of anilines is 2. The van der Waals surface area contributed by atoms with Gasteiger partial charge in [-0.15, -0.1) is 0 Å². The molecule has 100 valence electrons. The highest BCUT2D eigenvalue weighted by atomic mass is 35.5. The van der Waals surface area contributed by atoms with Crippen molar-refractivity contribution in [2.24, 2.45) is 11.8 Å². The number of hydrogen-bond acceptors (Lipinski definition) is 2. The third-order valence-electron chi connectivity index (χ3n) is 3.95. The first kappa shape index (κ1) is 13.5. The summed E-state index contributed by atoms with van der Waals surface area (Å²) in [6.07, 6.45) is 6.76. The first-order valence-corrected chi connectivity index (χ1v) is 7.32. The van der Waals surface area contributed by atoms with E-state index in [1.54, 1.807) is 0 Å². The molecule has 2 nitrogen and oxygen atoms in total. The zero-order chi connectivity index (χ0) is 13.0. The molecular weight excluding hydrogens is 244 g/mol. The van der Waals surface area contributed by atoms with E-state index in [0.717, 1.165) is 29.8 Å². The minimum atomic E-state index is 0.715. The molecular formula is C15H23ClN2. The molecule has 2 unspecified atom stereocenters. The van der Waals surface area contributed by atoms with Crippen LogP contribution in [-0.4, -0.2) is 6.54 Å². The Kier molecular flexibility index (Phi) is 4.76. The molecule has 3 N–H and O–H groups in total. The van der Waals surface area contributed by atoms with Crippen LogP contribution in [0, 0.1) is 11.8 Å². The largest absolute Gasteiger partial charge is 0.397 e. The van der Waals surface area contributed by atoms with Gasteiger partial charge < -0.3 is 11.1 Å². The summed E-state index contributed by atoms with van der Waals surface area (Å²) in [6, 6.07) is 5.64. The number of benzene rings is 1. The molecule has 1 saturated carbocycles. The van der Waals surface area contributed by atoms with Crippen molar-refractivity contribution in [3.05, 3.63) is 23.2 Å². The molecule has 1 aromatic carbocycles. The van der Waals surface area contributed by atoms with Gasteiger partial charge in [-0.05, 0) is 36.8 Å². The van der Waals surface area contributed by atoms with E-state index < -0.39 is 0 Å². The molecule has 2 rings (SSSR count). The van der Waals surface area contributed by atoms with Gasteiger partial charge in [-0.3, -0.25) is 0 Å². The third kappa shape index (κ3) is 3.55. The third-order valence-corrected chi connectivity index (χ3v) is 4.26. The van der Waals surface area contributed by atoms with Crippen molar-refractivity contribution in [2.75, 3.05) is 17.6 Å². The van der Waals surface area contributed by atoms with E-state index in [4.69, 9.17) is 17.3 Å². The lowest BCUT2D eigenvalue weighted by molar-refractivity contribution is 0.274. The van der Waals surface area contributed by atoms with Crippen molar-refractivity contribution < 1.29 is 0 Å². The summed E-state index contributed by atoms with van der Waals surface area (Å²) >= 11 is 6.13. The van der Waals surface area contributed by atoms with Crippen LogP contribution >= 0.6 is 11.6 Å². The molecule has 1 aliphatic rings. The molecule has 1 fully saturated rings. The van der Waals surface area contributed by atoms with E-state index in [2.05, 4.69) is 12.2 Å². The molecule has 0 aliphatic heterocycles. The topological polar surface area (TPSA) is 38.0 Å². The van der Waals surface area contributed by atoms with Gasteiger partial charge in [-0.2, -0.15) is 0 Å².